The van der Waals surface area contributed by atoms with Crippen LogP contribution in [0.1, 0.15) is 25.0 Å². The summed E-state index contributed by atoms with van der Waals surface area (Å²) in [6, 6.07) is 24.1. The van der Waals surface area contributed by atoms with Crippen molar-refractivity contribution in [2.75, 3.05) is 13.7 Å². The van der Waals surface area contributed by atoms with Gasteiger partial charge in [0.15, 0.2) is 12.3 Å². The standard InChI is InChI=1S/C33H37FNO12P/c1-22(2)28(30(36)40-3)35-48(39,46-25-17-11-6-12-18-25)47-31-27(34)29(45-33(38)42-20-24-15-9-5-10-16-24)26(44-31)21-43-32(37)41-19-23-13-7-4-8-14-23/h4-18,22,26-29,31H,19-21H2,1-3H3,(H,35,39)/t26-,27+,28+,29-,31?,48?/m1/s1. The van der Waals surface area contributed by atoms with Gasteiger partial charge in [-0.15, -0.1) is 0 Å². The monoisotopic (exact) mass is 689 g/mol. The lowest BCUT2D eigenvalue weighted by atomic mass is 10.1. The summed E-state index contributed by atoms with van der Waals surface area (Å²) in [5, 5.41) is 2.52. The number of ether oxygens (including phenoxy) is 6. The third-order valence-corrected chi connectivity index (χ3v) is 8.41. The maximum Gasteiger partial charge on any atom is 0.509 e. The average Bonchev–Trinajstić information content (AvgIpc) is 3.37. The van der Waals surface area contributed by atoms with Gasteiger partial charge in [-0.05, 0) is 29.2 Å². The molecular weight excluding hydrogens is 652 g/mol. The van der Waals surface area contributed by atoms with Crippen LogP contribution in [0.15, 0.2) is 91.0 Å². The van der Waals surface area contributed by atoms with Gasteiger partial charge in [0.1, 0.15) is 37.7 Å². The molecule has 3 aromatic carbocycles. The zero-order valence-corrected chi connectivity index (χ0v) is 27.4. The van der Waals surface area contributed by atoms with Gasteiger partial charge < -0.3 is 32.9 Å². The highest BCUT2D eigenvalue weighted by Gasteiger charge is 2.53. The van der Waals surface area contributed by atoms with Gasteiger partial charge in [-0.25, -0.2) is 18.5 Å². The number of hydrogen-bond donors (Lipinski definition) is 1. The number of esters is 1. The minimum atomic E-state index is -4.65. The summed E-state index contributed by atoms with van der Waals surface area (Å²) in [4.78, 5) is 37.5. The Morgan fingerprint density at radius 2 is 1.38 bits per heavy atom. The van der Waals surface area contributed by atoms with Crippen LogP contribution in [0.4, 0.5) is 14.0 Å². The number of para-hydroxylation sites is 1. The summed E-state index contributed by atoms with van der Waals surface area (Å²) < 4.78 is 72.5. The van der Waals surface area contributed by atoms with Crippen molar-refractivity contribution in [3.05, 3.63) is 102 Å². The number of nitrogens with one attached hydrogen (secondary N) is 1. The minimum absolute atomic E-state index is 0.0624. The second-order valence-electron chi connectivity index (χ2n) is 10.8. The van der Waals surface area contributed by atoms with E-state index in [-0.39, 0.29) is 19.0 Å². The van der Waals surface area contributed by atoms with Crippen LogP contribution in [-0.2, 0) is 55.5 Å². The number of alkyl halides is 1. The van der Waals surface area contributed by atoms with Gasteiger partial charge >= 0.3 is 26.0 Å². The molecule has 0 spiro atoms. The molecule has 0 bridgehead atoms. The van der Waals surface area contributed by atoms with Gasteiger partial charge in [-0.3, -0.25) is 9.32 Å². The molecule has 48 heavy (non-hydrogen) atoms. The van der Waals surface area contributed by atoms with Crippen molar-refractivity contribution in [1.29, 1.82) is 0 Å². The summed E-state index contributed by atoms with van der Waals surface area (Å²) in [6.45, 7) is 2.38. The molecule has 1 N–H and O–H groups in total. The second kappa shape index (κ2) is 17.6. The summed E-state index contributed by atoms with van der Waals surface area (Å²) in [6.07, 6.45) is -9.88. The van der Waals surface area contributed by atoms with Crippen LogP contribution < -0.4 is 9.61 Å². The first-order chi connectivity index (χ1) is 23.1. The van der Waals surface area contributed by atoms with Gasteiger partial charge in [0.25, 0.3) is 0 Å². The zero-order valence-electron chi connectivity index (χ0n) is 26.5. The largest absolute Gasteiger partial charge is 0.509 e. The lowest BCUT2D eigenvalue weighted by Gasteiger charge is -2.28. The molecule has 0 amide bonds. The lowest BCUT2D eigenvalue weighted by Crippen LogP contribution is -2.42. The van der Waals surface area contributed by atoms with Crippen LogP contribution in [0.25, 0.3) is 0 Å². The highest BCUT2D eigenvalue weighted by atomic mass is 31.2. The van der Waals surface area contributed by atoms with Crippen molar-refractivity contribution < 1.29 is 60.8 Å². The first-order valence-electron chi connectivity index (χ1n) is 15.0. The van der Waals surface area contributed by atoms with Gasteiger partial charge in [-0.1, -0.05) is 92.7 Å². The number of methoxy groups -OCH3 is 1. The number of carbonyl (C=O) groups excluding carboxylic acids is 3. The minimum Gasteiger partial charge on any atom is -0.468 e. The van der Waals surface area contributed by atoms with Crippen molar-refractivity contribution in [3.63, 3.8) is 0 Å². The first kappa shape index (κ1) is 36.3. The molecule has 4 rings (SSSR count). The van der Waals surface area contributed by atoms with E-state index in [0.29, 0.717) is 11.1 Å². The van der Waals surface area contributed by atoms with E-state index in [9.17, 15) is 18.9 Å². The van der Waals surface area contributed by atoms with Crippen molar-refractivity contribution in [1.82, 2.24) is 5.09 Å². The molecule has 0 aromatic heterocycles. The Morgan fingerprint density at radius 3 is 1.92 bits per heavy atom. The Kier molecular flexibility index (Phi) is 13.3. The normalized spacial score (nSPS) is 20.6. The number of carbonyl (C=O) groups is 3. The van der Waals surface area contributed by atoms with Crippen LogP contribution >= 0.6 is 7.75 Å². The molecule has 0 aliphatic carbocycles. The Bertz CT molecular complexity index is 1510. The van der Waals surface area contributed by atoms with Crippen molar-refractivity contribution in [2.24, 2.45) is 5.92 Å². The Balaban J connectivity index is 1.51. The summed E-state index contributed by atoms with van der Waals surface area (Å²) in [5.74, 6) is -1.19. The zero-order chi connectivity index (χ0) is 34.5. The predicted octanol–water partition coefficient (Wildman–Crippen LogP) is 6.12. The smallest absolute Gasteiger partial charge is 0.468 e. The Hall–Kier alpha value is -4.49. The second-order valence-corrected chi connectivity index (χ2v) is 12.5. The van der Waals surface area contributed by atoms with E-state index in [2.05, 4.69) is 5.09 Å². The van der Waals surface area contributed by atoms with E-state index in [1.807, 2.05) is 0 Å². The van der Waals surface area contributed by atoms with E-state index in [1.165, 1.54) is 12.1 Å². The van der Waals surface area contributed by atoms with Crippen LogP contribution in [0, 0.1) is 5.92 Å². The van der Waals surface area contributed by atoms with E-state index < -0.39 is 69.3 Å². The third kappa shape index (κ3) is 10.8. The fourth-order valence-electron chi connectivity index (χ4n) is 4.42. The average molecular weight is 690 g/mol. The van der Waals surface area contributed by atoms with Crippen LogP contribution in [-0.4, -0.2) is 62.7 Å². The van der Waals surface area contributed by atoms with Crippen molar-refractivity contribution in [3.8, 4) is 5.75 Å². The fourth-order valence-corrected chi connectivity index (χ4v) is 6.16. The molecule has 6 atom stereocenters. The Labute approximate surface area is 277 Å². The summed E-state index contributed by atoms with van der Waals surface area (Å²) in [5.41, 5.74) is 1.34. The van der Waals surface area contributed by atoms with E-state index in [1.54, 1.807) is 92.7 Å². The van der Waals surface area contributed by atoms with E-state index in [0.717, 1.165) is 7.11 Å². The SMILES string of the molecule is COC(=O)[C@@H](NP(=O)(Oc1ccccc1)OC1O[C@H](COC(=O)OCc2ccccc2)[C@@H](OC(=O)OCc2ccccc2)[C@@H]1F)C(C)C. The fraction of sp³-hybridized carbons (Fsp3) is 0.364. The first-order valence-corrected chi connectivity index (χ1v) is 16.5. The molecule has 1 aliphatic rings. The topological polar surface area (TPSA) is 154 Å². The summed E-state index contributed by atoms with van der Waals surface area (Å²) >= 11 is 0. The number of benzene rings is 3. The van der Waals surface area contributed by atoms with Gasteiger partial charge in [0, 0.05) is 0 Å². The van der Waals surface area contributed by atoms with Crippen LogP contribution in [0.5, 0.6) is 5.75 Å². The maximum atomic E-state index is 16.1. The predicted molar refractivity (Wildman–Crippen MR) is 167 cm³/mol. The molecule has 3 aromatic rings. The molecule has 258 valence electrons. The molecule has 1 fully saturated rings. The van der Waals surface area contributed by atoms with Crippen molar-refractivity contribution in [2.45, 2.75) is 57.8 Å². The molecule has 15 heteroatoms. The lowest BCUT2D eigenvalue weighted by molar-refractivity contribution is -0.144. The molecule has 0 radical (unpaired) electrons. The number of halogens is 1. The van der Waals surface area contributed by atoms with E-state index in [4.69, 9.17) is 37.5 Å². The maximum absolute atomic E-state index is 16.1. The molecule has 0 saturated carbocycles. The molecular formula is C33H37FNO12P. The Morgan fingerprint density at radius 1 is 0.833 bits per heavy atom. The highest BCUT2D eigenvalue weighted by Crippen LogP contribution is 2.49. The van der Waals surface area contributed by atoms with Crippen LogP contribution in [0.2, 0.25) is 0 Å². The third-order valence-electron chi connectivity index (χ3n) is 6.88. The van der Waals surface area contributed by atoms with Crippen LogP contribution in [0.3, 0.4) is 0 Å². The van der Waals surface area contributed by atoms with Gasteiger partial charge in [0.05, 0.1) is 7.11 Å². The van der Waals surface area contributed by atoms with Gasteiger partial charge in [0.2, 0.25) is 6.29 Å². The number of hydrogen-bond acceptors (Lipinski definition) is 12. The highest BCUT2D eigenvalue weighted by molar-refractivity contribution is 7.52. The molecule has 1 saturated heterocycles. The van der Waals surface area contributed by atoms with E-state index >= 15 is 4.39 Å². The van der Waals surface area contributed by atoms with Crippen molar-refractivity contribution >= 4 is 26.0 Å². The molecule has 1 aliphatic heterocycles. The number of rotatable bonds is 15. The van der Waals surface area contributed by atoms with Gasteiger partial charge in [-0.2, -0.15) is 5.09 Å². The molecule has 2 unspecified atom stereocenters. The summed E-state index contributed by atoms with van der Waals surface area (Å²) in [7, 11) is -3.50. The molecule has 1 heterocycles. The molecule has 13 nitrogen and oxygen atoms in total. The quantitative estimate of drug-likeness (QED) is 0.111.